The van der Waals surface area contributed by atoms with Gasteiger partial charge in [0.15, 0.2) is 0 Å². The minimum Gasteiger partial charge on any atom is -0.317 e. The lowest BCUT2D eigenvalue weighted by atomic mass is 9.92. The van der Waals surface area contributed by atoms with E-state index in [2.05, 4.69) is 57.0 Å². The van der Waals surface area contributed by atoms with Crippen LogP contribution in [0.1, 0.15) is 55.0 Å². The maximum Gasteiger partial charge on any atom is 0.0325 e. The van der Waals surface area contributed by atoms with Crippen LogP contribution >= 0.6 is 0 Å². The Bertz CT molecular complexity index is 438. The van der Waals surface area contributed by atoms with Crippen molar-refractivity contribution < 1.29 is 0 Å². The highest BCUT2D eigenvalue weighted by Crippen LogP contribution is 2.29. The topological polar surface area (TPSA) is 15.3 Å². The molecular formula is C19H32N2. The molecule has 2 nitrogen and oxygen atoms in total. The molecule has 1 fully saturated rings. The fourth-order valence-corrected chi connectivity index (χ4v) is 3.99. The standard InChI is InChI=1S/C19H32N2/c1-6-21(13-18-7-9-20-10-8-18)17(5)19-15(3)11-14(2)12-16(19)4/h11-12,17-18,20H,6-10,13H2,1-5H3. The monoisotopic (exact) mass is 288 g/mol. The largest absolute Gasteiger partial charge is 0.317 e. The van der Waals surface area contributed by atoms with Gasteiger partial charge in [-0.2, -0.15) is 0 Å². The summed E-state index contributed by atoms with van der Waals surface area (Å²) in [6.07, 6.45) is 2.66. The number of nitrogens with zero attached hydrogens (tertiary/aromatic N) is 1. The number of aryl methyl sites for hydroxylation is 3. The van der Waals surface area contributed by atoms with Crippen LogP contribution in [0.5, 0.6) is 0 Å². The number of hydrogen-bond donors (Lipinski definition) is 1. The van der Waals surface area contributed by atoms with E-state index in [0.717, 1.165) is 12.5 Å². The summed E-state index contributed by atoms with van der Waals surface area (Å²) in [7, 11) is 0. The first-order valence-corrected chi connectivity index (χ1v) is 8.55. The summed E-state index contributed by atoms with van der Waals surface area (Å²) in [5.74, 6) is 0.861. The second-order valence-electron chi connectivity index (χ2n) is 6.77. The summed E-state index contributed by atoms with van der Waals surface area (Å²) >= 11 is 0. The third-order valence-electron chi connectivity index (χ3n) is 5.06. The van der Waals surface area contributed by atoms with E-state index in [1.807, 2.05) is 0 Å². The molecule has 0 saturated carbocycles. The first-order chi connectivity index (χ1) is 10.0. The Hall–Kier alpha value is -0.860. The Morgan fingerprint density at radius 2 is 1.71 bits per heavy atom. The number of benzene rings is 1. The molecule has 0 spiro atoms. The molecule has 118 valence electrons. The highest BCUT2D eigenvalue weighted by Gasteiger charge is 2.22. The van der Waals surface area contributed by atoms with Gasteiger partial charge in [-0.1, -0.05) is 24.6 Å². The molecule has 0 aliphatic carbocycles. The maximum absolute atomic E-state index is 3.47. The van der Waals surface area contributed by atoms with E-state index in [0.29, 0.717) is 6.04 Å². The molecule has 0 amide bonds. The highest BCUT2D eigenvalue weighted by molar-refractivity contribution is 5.39. The summed E-state index contributed by atoms with van der Waals surface area (Å²) in [5.41, 5.74) is 5.81. The van der Waals surface area contributed by atoms with Gasteiger partial charge in [0.25, 0.3) is 0 Å². The molecule has 0 radical (unpaired) electrons. The molecule has 1 aliphatic rings. The molecule has 0 bridgehead atoms. The van der Waals surface area contributed by atoms with Crippen LogP contribution < -0.4 is 5.32 Å². The predicted octanol–water partition coefficient (Wildman–Crippen LogP) is 3.99. The van der Waals surface area contributed by atoms with Crippen LogP contribution in [0, 0.1) is 26.7 Å². The van der Waals surface area contributed by atoms with E-state index in [4.69, 9.17) is 0 Å². The van der Waals surface area contributed by atoms with Gasteiger partial charge in [0.2, 0.25) is 0 Å². The zero-order valence-corrected chi connectivity index (χ0v) is 14.5. The van der Waals surface area contributed by atoms with Crippen molar-refractivity contribution in [1.82, 2.24) is 10.2 Å². The average Bonchev–Trinajstić information content (AvgIpc) is 2.44. The van der Waals surface area contributed by atoms with Crippen LogP contribution in [-0.2, 0) is 0 Å². The lowest BCUT2D eigenvalue weighted by Gasteiger charge is -2.35. The van der Waals surface area contributed by atoms with Crippen LogP contribution in [0.4, 0.5) is 0 Å². The summed E-state index contributed by atoms with van der Waals surface area (Å²) < 4.78 is 0. The Kier molecular flexibility index (Phi) is 5.83. The van der Waals surface area contributed by atoms with Crippen LogP contribution in [0.3, 0.4) is 0 Å². The van der Waals surface area contributed by atoms with Crippen molar-refractivity contribution in [3.63, 3.8) is 0 Å². The van der Waals surface area contributed by atoms with Crippen molar-refractivity contribution in [2.45, 2.75) is 53.5 Å². The third kappa shape index (κ3) is 4.08. The van der Waals surface area contributed by atoms with Crippen molar-refractivity contribution in [2.75, 3.05) is 26.2 Å². The number of piperidine rings is 1. The Morgan fingerprint density at radius 3 is 2.24 bits per heavy atom. The van der Waals surface area contributed by atoms with Crippen molar-refractivity contribution in [3.8, 4) is 0 Å². The summed E-state index contributed by atoms with van der Waals surface area (Å²) in [4.78, 5) is 2.67. The highest BCUT2D eigenvalue weighted by atomic mass is 15.1. The molecule has 1 aromatic carbocycles. The Labute approximate surface area is 130 Å². The molecule has 1 aromatic rings. The van der Waals surface area contributed by atoms with E-state index >= 15 is 0 Å². The van der Waals surface area contributed by atoms with Gasteiger partial charge in [-0.15, -0.1) is 0 Å². The van der Waals surface area contributed by atoms with Gasteiger partial charge in [-0.25, -0.2) is 0 Å². The quantitative estimate of drug-likeness (QED) is 0.881. The predicted molar refractivity (Wildman–Crippen MR) is 91.9 cm³/mol. The second kappa shape index (κ2) is 7.42. The molecule has 1 heterocycles. The fourth-order valence-electron chi connectivity index (χ4n) is 3.99. The van der Waals surface area contributed by atoms with Crippen molar-refractivity contribution in [1.29, 1.82) is 0 Å². The smallest absolute Gasteiger partial charge is 0.0325 e. The lowest BCUT2D eigenvalue weighted by Crippen LogP contribution is -2.37. The number of hydrogen-bond acceptors (Lipinski definition) is 2. The molecule has 2 heteroatoms. The molecule has 1 N–H and O–H groups in total. The second-order valence-corrected chi connectivity index (χ2v) is 6.77. The van der Waals surface area contributed by atoms with Gasteiger partial charge in [0, 0.05) is 12.6 Å². The first-order valence-electron chi connectivity index (χ1n) is 8.55. The molecule has 1 atom stereocenters. The molecular weight excluding hydrogens is 256 g/mol. The fraction of sp³-hybridized carbons (Fsp3) is 0.684. The number of rotatable bonds is 5. The van der Waals surface area contributed by atoms with Crippen LogP contribution in [-0.4, -0.2) is 31.1 Å². The summed E-state index contributed by atoms with van der Waals surface area (Å²) in [6, 6.07) is 5.18. The minimum absolute atomic E-state index is 0.519. The molecule has 0 aromatic heterocycles. The Balaban J connectivity index is 2.14. The summed E-state index contributed by atoms with van der Waals surface area (Å²) in [5, 5.41) is 3.47. The van der Waals surface area contributed by atoms with E-state index in [1.54, 1.807) is 0 Å². The van der Waals surface area contributed by atoms with Crippen LogP contribution in [0.25, 0.3) is 0 Å². The van der Waals surface area contributed by atoms with Gasteiger partial charge < -0.3 is 5.32 Å². The third-order valence-corrected chi connectivity index (χ3v) is 5.06. The minimum atomic E-state index is 0.519. The van der Waals surface area contributed by atoms with Gasteiger partial charge in [0.05, 0.1) is 0 Å². The van der Waals surface area contributed by atoms with Gasteiger partial charge in [0.1, 0.15) is 0 Å². The molecule has 1 aliphatic heterocycles. The van der Waals surface area contributed by atoms with Crippen molar-refractivity contribution in [2.24, 2.45) is 5.92 Å². The van der Waals surface area contributed by atoms with E-state index in [9.17, 15) is 0 Å². The Morgan fingerprint density at radius 1 is 1.14 bits per heavy atom. The lowest BCUT2D eigenvalue weighted by molar-refractivity contribution is 0.168. The van der Waals surface area contributed by atoms with E-state index < -0.39 is 0 Å². The SMILES string of the molecule is CCN(CC1CCNCC1)C(C)c1c(C)cc(C)cc1C. The molecule has 1 unspecified atom stereocenters. The number of nitrogens with one attached hydrogen (secondary N) is 1. The van der Waals surface area contributed by atoms with Gasteiger partial charge in [-0.05, 0) is 82.8 Å². The van der Waals surface area contributed by atoms with Gasteiger partial charge in [-0.3, -0.25) is 4.90 Å². The first kappa shape index (κ1) is 16.5. The van der Waals surface area contributed by atoms with Crippen molar-refractivity contribution in [3.05, 3.63) is 34.4 Å². The summed E-state index contributed by atoms with van der Waals surface area (Å²) in [6.45, 7) is 16.2. The maximum atomic E-state index is 3.47. The van der Waals surface area contributed by atoms with E-state index in [1.165, 1.54) is 54.7 Å². The van der Waals surface area contributed by atoms with Gasteiger partial charge >= 0.3 is 0 Å². The molecule has 1 saturated heterocycles. The zero-order chi connectivity index (χ0) is 15.4. The molecule has 21 heavy (non-hydrogen) atoms. The average molecular weight is 288 g/mol. The van der Waals surface area contributed by atoms with Crippen LogP contribution in [0.15, 0.2) is 12.1 Å². The van der Waals surface area contributed by atoms with Crippen LogP contribution in [0.2, 0.25) is 0 Å². The normalized spacial score (nSPS) is 18.2. The van der Waals surface area contributed by atoms with E-state index in [-0.39, 0.29) is 0 Å². The van der Waals surface area contributed by atoms with Crippen molar-refractivity contribution >= 4 is 0 Å². The molecule has 2 rings (SSSR count). The zero-order valence-electron chi connectivity index (χ0n) is 14.5.